The quantitative estimate of drug-likeness (QED) is 0.632. The normalized spacial score (nSPS) is 9.72. The second-order valence-corrected chi connectivity index (χ2v) is 4.97. The predicted octanol–water partition coefficient (Wildman–Crippen LogP) is 3.07. The molecule has 1 rings (SSSR count). The summed E-state index contributed by atoms with van der Waals surface area (Å²) < 4.78 is 5.28. The molecule has 0 radical (unpaired) electrons. The van der Waals surface area contributed by atoms with E-state index in [0.717, 1.165) is 17.1 Å². The monoisotopic (exact) mass is 264 g/mol. The fourth-order valence-corrected chi connectivity index (χ4v) is 2.34. The van der Waals surface area contributed by atoms with Gasteiger partial charge in [0.05, 0.1) is 19.3 Å². The van der Waals surface area contributed by atoms with Gasteiger partial charge in [-0.1, -0.05) is 24.8 Å². The van der Waals surface area contributed by atoms with Crippen molar-refractivity contribution in [1.82, 2.24) is 0 Å². The molecule has 0 aliphatic heterocycles. The lowest BCUT2D eigenvalue weighted by molar-refractivity contribution is 0.305. The first-order chi connectivity index (χ1) is 8.81. The molecule has 1 aromatic carbocycles. The van der Waals surface area contributed by atoms with Gasteiger partial charge in [-0.25, -0.2) is 0 Å². The molecule has 0 bridgehead atoms. The van der Waals surface area contributed by atoms with Crippen LogP contribution in [0.2, 0.25) is 0 Å². The molecule has 1 aromatic rings. The molecule has 0 heterocycles. The van der Waals surface area contributed by atoms with Gasteiger partial charge >= 0.3 is 0 Å². The Kier molecular flexibility index (Phi) is 7.40. The van der Waals surface area contributed by atoms with Crippen LogP contribution in [0.4, 0.5) is 0 Å². The Bertz CT molecular complexity index is 418. The van der Waals surface area contributed by atoms with Crippen molar-refractivity contribution in [2.75, 3.05) is 19.5 Å². The van der Waals surface area contributed by atoms with Crippen LogP contribution in [0.5, 0.6) is 5.75 Å². The molecule has 0 spiro atoms. The summed E-state index contributed by atoms with van der Waals surface area (Å²) >= 11 is 1.93. The third-order valence-corrected chi connectivity index (χ3v) is 3.58. The maximum atomic E-state index is 8.73. The van der Waals surface area contributed by atoms with Crippen LogP contribution in [-0.2, 0) is 5.75 Å². The number of thioether (sulfide) groups is 1. The third kappa shape index (κ3) is 5.03. The van der Waals surface area contributed by atoms with Gasteiger partial charge in [-0.3, -0.25) is 0 Å². The van der Waals surface area contributed by atoms with Crippen molar-refractivity contribution < 1.29 is 9.84 Å². The van der Waals surface area contributed by atoms with Crippen LogP contribution in [0.25, 0.3) is 0 Å². The van der Waals surface area contributed by atoms with E-state index >= 15 is 0 Å². The van der Waals surface area contributed by atoms with E-state index in [4.69, 9.17) is 9.84 Å². The second-order valence-electron chi connectivity index (χ2n) is 3.86. The molecule has 0 saturated carbocycles. The molecule has 0 aliphatic rings. The number of aliphatic hydroxyl groups is 1. The third-order valence-electron chi connectivity index (χ3n) is 2.34. The van der Waals surface area contributed by atoms with Crippen molar-refractivity contribution >= 4 is 11.8 Å². The maximum Gasteiger partial charge on any atom is 0.134 e. The molecule has 98 valence electrons. The summed E-state index contributed by atoms with van der Waals surface area (Å²) in [5.41, 5.74) is 2.17. The van der Waals surface area contributed by atoms with Crippen LogP contribution in [0.3, 0.4) is 0 Å². The Morgan fingerprint density at radius 3 is 2.89 bits per heavy atom. The SMILES string of the molecule is CCCSCc1ccc(OC)c(C#CCCO)c1. The molecular weight excluding hydrogens is 244 g/mol. The number of benzene rings is 1. The average molecular weight is 264 g/mol. The van der Waals surface area contributed by atoms with Crippen LogP contribution >= 0.6 is 11.8 Å². The highest BCUT2D eigenvalue weighted by molar-refractivity contribution is 7.98. The van der Waals surface area contributed by atoms with Crippen LogP contribution in [0.1, 0.15) is 30.9 Å². The highest BCUT2D eigenvalue weighted by Crippen LogP contribution is 2.22. The Morgan fingerprint density at radius 2 is 2.22 bits per heavy atom. The predicted molar refractivity (Wildman–Crippen MR) is 78.0 cm³/mol. The van der Waals surface area contributed by atoms with E-state index in [1.165, 1.54) is 17.7 Å². The van der Waals surface area contributed by atoms with E-state index in [-0.39, 0.29) is 6.61 Å². The maximum absolute atomic E-state index is 8.73. The first kappa shape index (κ1) is 14.9. The minimum Gasteiger partial charge on any atom is -0.495 e. The van der Waals surface area contributed by atoms with Gasteiger partial charge in [0.2, 0.25) is 0 Å². The fourth-order valence-electron chi connectivity index (χ4n) is 1.49. The lowest BCUT2D eigenvalue weighted by Gasteiger charge is -2.06. The van der Waals surface area contributed by atoms with Gasteiger partial charge in [0, 0.05) is 12.2 Å². The van der Waals surface area contributed by atoms with E-state index < -0.39 is 0 Å². The molecule has 2 nitrogen and oxygen atoms in total. The summed E-state index contributed by atoms with van der Waals surface area (Å²) in [6.45, 7) is 2.29. The number of hydrogen-bond acceptors (Lipinski definition) is 3. The van der Waals surface area contributed by atoms with Gasteiger partial charge in [0.15, 0.2) is 0 Å². The molecular formula is C15H20O2S. The largest absolute Gasteiger partial charge is 0.495 e. The molecule has 0 atom stereocenters. The van der Waals surface area contributed by atoms with Gasteiger partial charge in [-0.15, -0.1) is 0 Å². The summed E-state index contributed by atoms with van der Waals surface area (Å²) in [4.78, 5) is 0. The minimum atomic E-state index is 0.0986. The topological polar surface area (TPSA) is 29.5 Å². The van der Waals surface area contributed by atoms with Gasteiger partial charge in [-0.05, 0) is 29.9 Å². The smallest absolute Gasteiger partial charge is 0.134 e. The minimum absolute atomic E-state index is 0.0986. The molecule has 0 saturated heterocycles. The zero-order chi connectivity index (χ0) is 13.2. The summed E-state index contributed by atoms with van der Waals surface area (Å²) in [7, 11) is 1.65. The zero-order valence-corrected chi connectivity index (χ0v) is 11.8. The van der Waals surface area contributed by atoms with E-state index in [9.17, 15) is 0 Å². The van der Waals surface area contributed by atoms with Crippen molar-refractivity contribution in [3.63, 3.8) is 0 Å². The summed E-state index contributed by atoms with van der Waals surface area (Å²) in [5, 5.41) is 8.73. The van der Waals surface area contributed by atoms with Crippen molar-refractivity contribution in [2.45, 2.75) is 25.5 Å². The molecule has 0 amide bonds. The highest BCUT2D eigenvalue weighted by atomic mass is 32.2. The Labute approximate surface area is 114 Å². The molecule has 0 fully saturated rings. The molecule has 1 N–H and O–H groups in total. The lowest BCUT2D eigenvalue weighted by atomic mass is 10.1. The lowest BCUT2D eigenvalue weighted by Crippen LogP contribution is -1.91. The number of ether oxygens (including phenoxy) is 1. The highest BCUT2D eigenvalue weighted by Gasteiger charge is 2.02. The van der Waals surface area contributed by atoms with Crippen molar-refractivity contribution in [3.8, 4) is 17.6 Å². The summed E-state index contributed by atoms with van der Waals surface area (Å²) in [6, 6.07) is 6.12. The van der Waals surface area contributed by atoms with Gasteiger partial charge < -0.3 is 9.84 Å². The zero-order valence-electron chi connectivity index (χ0n) is 11.0. The fraction of sp³-hybridized carbons (Fsp3) is 0.467. The molecule has 3 heteroatoms. The van der Waals surface area contributed by atoms with Crippen molar-refractivity contribution in [1.29, 1.82) is 0 Å². The van der Waals surface area contributed by atoms with Crippen molar-refractivity contribution in [2.24, 2.45) is 0 Å². The summed E-state index contributed by atoms with van der Waals surface area (Å²) in [6.07, 6.45) is 1.70. The molecule has 18 heavy (non-hydrogen) atoms. The summed E-state index contributed by atoms with van der Waals surface area (Å²) in [5.74, 6) is 8.97. The number of methoxy groups -OCH3 is 1. The van der Waals surface area contributed by atoms with Crippen LogP contribution in [-0.4, -0.2) is 24.6 Å². The molecule has 0 unspecified atom stereocenters. The molecule has 0 aliphatic carbocycles. The first-order valence-corrected chi connectivity index (χ1v) is 7.31. The van der Waals surface area contributed by atoms with E-state index in [1.807, 2.05) is 17.8 Å². The molecule has 0 aromatic heterocycles. The average Bonchev–Trinajstić information content (AvgIpc) is 2.40. The first-order valence-electron chi connectivity index (χ1n) is 6.16. The van der Waals surface area contributed by atoms with E-state index in [2.05, 4.69) is 30.9 Å². The van der Waals surface area contributed by atoms with Crippen molar-refractivity contribution in [3.05, 3.63) is 29.3 Å². The number of aliphatic hydroxyl groups excluding tert-OH is 1. The van der Waals surface area contributed by atoms with Crippen LogP contribution < -0.4 is 4.74 Å². The van der Waals surface area contributed by atoms with Gasteiger partial charge in [0.25, 0.3) is 0 Å². The second kappa shape index (κ2) is 8.91. The standard InChI is InChI=1S/C15H20O2S/c1-3-10-18-12-13-7-8-15(17-2)14(11-13)6-4-5-9-16/h7-8,11,16H,3,5,9-10,12H2,1-2H3. The van der Waals surface area contributed by atoms with E-state index in [0.29, 0.717) is 6.42 Å². The Morgan fingerprint density at radius 1 is 1.39 bits per heavy atom. The number of rotatable bonds is 6. The Balaban J connectivity index is 2.78. The van der Waals surface area contributed by atoms with Gasteiger partial charge in [-0.2, -0.15) is 11.8 Å². The Hall–Kier alpha value is -1.11. The van der Waals surface area contributed by atoms with E-state index in [1.54, 1.807) is 7.11 Å². The number of hydrogen-bond donors (Lipinski definition) is 1. The van der Waals surface area contributed by atoms with Gasteiger partial charge in [0.1, 0.15) is 5.75 Å². The van der Waals surface area contributed by atoms with Crippen LogP contribution in [0.15, 0.2) is 18.2 Å². The van der Waals surface area contributed by atoms with Crippen LogP contribution in [0, 0.1) is 11.8 Å².